The summed E-state index contributed by atoms with van der Waals surface area (Å²) in [5.74, 6) is 1.60. The number of hydrogen-bond donors (Lipinski definition) is 0. The second-order valence-electron chi connectivity index (χ2n) is 6.08. The van der Waals surface area contributed by atoms with Crippen LogP contribution in [-0.2, 0) is 16.0 Å². The van der Waals surface area contributed by atoms with Crippen molar-refractivity contribution < 1.29 is 9.53 Å². The Morgan fingerprint density at radius 3 is 2.86 bits per heavy atom. The molecule has 0 unspecified atom stereocenters. The largest absolute Gasteiger partial charge is 0.378 e. The van der Waals surface area contributed by atoms with E-state index in [1.165, 1.54) is 6.42 Å². The van der Waals surface area contributed by atoms with Gasteiger partial charge in [-0.3, -0.25) is 4.79 Å². The Kier molecular flexibility index (Phi) is 3.54. The zero-order chi connectivity index (χ0) is 14.9. The number of nitrogens with zero attached hydrogens (tertiary/aromatic N) is 4. The van der Waals surface area contributed by atoms with Gasteiger partial charge in [-0.15, -0.1) is 0 Å². The molecule has 0 N–H and O–H groups in total. The lowest BCUT2D eigenvalue weighted by atomic mass is 9.81. The number of anilines is 1. The summed E-state index contributed by atoms with van der Waals surface area (Å²) in [5.41, 5.74) is 1.66. The fraction of sp³-hybridized carbons (Fsp3) is 0.562. The van der Waals surface area contributed by atoms with Gasteiger partial charge in [0.15, 0.2) is 5.65 Å². The maximum absolute atomic E-state index is 12.3. The molecule has 2 aromatic heterocycles. The average molecular weight is 300 g/mol. The fourth-order valence-corrected chi connectivity index (χ4v) is 3.11. The van der Waals surface area contributed by atoms with Crippen molar-refractivity contribution in [1.29, 1.82) is 0 Å². The molecule has 4 rings (SSSR count). The minimum atomic E-state index is 0.259. The van der Waals surface area contributed by atoms with Gasteiger partial charge in [0.05, 0.1) is 25.1 Å². The lowest BCUT2D eigenvalue weighted by Crippen LogP contribution is -2.37. The first kappa shape index (κ1) is 13.7. The Balaban J connectivity index is 1.65. The predicted molar refractivity (Wildman–Crippen MR) is 82.1 cm³/mol. The standard InChI is InChI=1S/C16H20N4O2/c21-14(12-2-1-3-12)10-13-11-16(19-6-8-22-9-7-19)20-15(18-13)4-5-17-20/h4-5,11-12H,1-3,6-10H2. The van der Waals surface area contributed by atoms with E-state index >= 15 is 0 Å². The van der Waals surface area contributed by atoms with Crippen LogP contribution in [0, 0.1) is 5.92 Å². The van der Waals surface area contributed by atoms with Crippen LogP contribution in [0.5, 0.6) is 0 Å². The van der Waals surface area contributed by atoms with E-state index < -0.39 is 0 Å². The highest BCUT2D eigenvalue weighted by molar-refractivity contribution is 5.83. The third-order valence-corrected chi connectivity index (χ3v) is 4.64. The van der Waals surface area contributed by atoms with Gasteiger partial charge in [0.2, 0.25) is 0 Å². The molecular formula is C16H20N4O2. The van der Waals surface area contributed by atoms with E-state index in [1.807, 2.05) is 16.6 Å². The minimum absolute atomic E-state index is 0.259. The van der Waals surface area contributed by atoms with Crippen LogP contribution < -0.4 is 4.90 Å². The number of aromatic nitrogens is 3. The van der Waals surface area contributed by atoms with Crippen LogP contribution in [0.1, 0.15) is 25.0 Å². The van der Waals surface area contributed by atoms with Crippen molar-refractivity contribution in [2.24, 2.45) is 5.92 Å². The highest BCUT2D eigenvalue weighted by Gasteiger charge is 2.26. The summed E-state index contributed by atoms with van der Waals surface area (Å²) in [7, 11) is 0. The summed E-state index contributed by atoms with van der Waals surface area (Å²) in [6.07, 6.45) is 5.46. The molecule has 2 aromatic rings. The Morgan fingerprint density at radius 1 is 1.32 bits per heavy atom. The molecule has 2 aliphatic rings. The van der Waals surface area contributed by atoms with Gasteiger partial charge in [0.1, 0.15) is 11.6 Å². The number of morpholine rings is 1. The molecule has 22 heavy (non-hydrogen) atoms. The van der Waals surface area contributed by atoms with E-state index in [9.17, 15) is 4.79 Å². The Bertz CT molecular complexity index is 687. The van der Waals surface area contributed by atoms with Gasteiger partial charge in [0.25, 0.3) is 0 Å². The normalized spacial score (nSPS) is 19.4. The summed E-state index contributed by atoms with van der Waals surface area (Å²) in [4.78, 5) is 19.1. The van der Waals surface area contributed by atoms with Gasteiger partial charge in [-0.25, -0.2) is 4.98 Å². The number of fused-ring (bicyclic) bond motifs is 1. The van der Waals surface area contributed by atoms with E-state index in [4.69, 9.17) is 4.74 Å². The summed E-state index contributed by atoms with van der Waals surface area (Å²) in [5, 5.41) is 4.36. The highest BCUT2D eigenvalue weighted by atomic mass is 16.5. The van der Waals surface area contributed by atoms with Crippen LogP contribution in [0.4, 0.5) is 5.82 Å². The summed E-state index contributed by atoms with van der Waals surface area (Å²) < 4.78 is 7.27. The zero-order valence-corrected chi connectivity index (χ0v) is 12.6. The van der Waals surface area contributed by atoms with E-state index in [0.717, 1.165) is 56.3 Å². The van der Waals surface area contributed by atoms with Gasteiger partial charge in [-0.2, -0.15) is 9.61 Å². The van der Waals surface area contributed by atoms with E-state index in [2.05, 4.69) is 15.0 Å². The quantitative estimate of drug-likeness (QED) is 0.856. The SMILES string of the molecule is O=C(Cc1cc(N2CCOCC2)n2nccc2n1)C1CCC1. The molecule has 3 heterocycles. The molecule has 0 aromatic carbocycles. The third-order valence-electron chi connectivity index (χ3n) is 4.64. The molecule has 2 fully saturated rings. The molecular weight excluding hydrogens is 280 g/mol. The topological polar surface area (TPSA) is 59.7 Å². The smallest absolute Gasteiger partial charge is 0.157 e. The predicted octanol–water partition coefficient (Wildman–Crippen LogP) is 1.48. The lowest BCUT2D eigenvalue weighted by Gasteiger charge is -2.29. The number of ketones is 1. The third kappa shape index (κ3) is 2.47. The van der Waals surface area contributed by atoms with Crippen molar-refractivity contribution in [2.45, 2.75) is 25.7 Å². The van der Waals surface area contributed by atoms with E-state index in [0.29, 0.717) is 12.2 Å². The molecule has 116 valence electrons. The fourth-order valence-electron chi connectivity index (χ4n) is 3.11. The van der Waals surface area contributed by atoms with Crippen molar-refractivity contribution in [3.8, 4) is 0 Å². The summed E-state index contributed by atoms with van der Waals surface area (Å²) in [6, 6.07) is 3.91. The molecule has 0 bridgehead atoms. The van der Waals surface area contributed by atoms with Crippen molar-refractivity contribution in [1.82, 2.24) is 14.6 Å². The molecule has 6 heteroatoms. The van der Waals surface area contributed by atoms with Crippen LogP contribution in [0.3, 0.4) is 0 Å². The first-order chi connectivity index (χ1) is 10.8. The average Bonchev–Trinajstić information content (AvgIpc) is 2.93. The van der Waals surface area contributed by atoms with Gasteiger partial charge >= 0.3 is 0 Å². The molecule has 1 saturated heterocycles. The lowest BCUT2D eigenvalue weighted by molar-refractivity contribution is -0.124. The van der Waals surface area contributed by atoms with Crippen molar-refractivity contribution >= 4 is 17.2 Å². The Hall–Kier alpha value is -1.95. The van der Waals surface area contributed by atoms with Crippen molar-refractivity contribution in [2.75, 3.05) is 31.2 Å². The van der Waals surface area contributed by atoms with Gasteiger partial charge in [0, 0.05) is 37.6 Å². The van der Waals surface area contributed by atoms with Crippen LogP contribution >= 0.6 is 0 Å². The van der Waals surface area contributed by atoms with Gasteiger partial charge in [-0.05, 0) is 12.8 Å². The molecule has 0 atom stereocenters. The highest BCUT2D eigenvalue weighted by Crippen LogP contribution is 2.28. The van der Waals surface area contributed by atoms with Crippen molar-refractivity contribution in [3.63, 3.8) is 0 Å². The minimum Gasteiger partial charge on any atom is -0.378 e. The van der Waals surface area contributed by atoms with Gasteiger partial charge < -0.3 is 9.64 Å². The summed E-state index contributed by atoms with van der Waals surface area (Å²) >= 11 is 0. The number of carbonyl (C=O) groups excluding carboxylic acids is 1. The first-order valence-corrected chi connectivity index (χ1v) is 8.00. The molecule has 0 radical (unpaired) electrons. The second kappa shape index (κ2) is 5.68. The Labute approximate surface area is 129 Å². The summed E-state index contributed by atoms with van der Waals surface area (Å²) in [6.45, 7) is 3.13. The maximum atomic E-state index is 12.3. The van der Waals surface area contributed by atoms with Crippen LogP contribution in [0.25, 0.3) is 5.65 Å². The number of carbonyl (C=O) groups is 1. The van der Waals surface area contributed by atoms with Gasteiger partial charge in [-0.1, -0.05) is 6.42 Å². The number of hydrogen-bond acceptors (Lipinski definition) is 5. The molecule has 1 aliphatic carbocycles. The molecule has 1 saturated carbocycles. The number of rotatable bonds is 4. The van der Waals surface area contributed by atoms with Crippen LogP contribution in [0.15, 0.2) is 18.3 Å². The van der Waals surface area contributed by atoms with Crippen LogP contribution in [0.2, 0.25) is 0 Å². The van der Waals surface area contributed by atoms with Crippen molar-refractivity contribution in [3.05, 3.63) is 24.0 Å². The monoisotopic (exact) mass is 300 g/mol. The molecule has 0 amide bonds. The molecule has 0 spiro atoms. The second-order valence-corrected chi connectivity index (χ2v) is 6.08. The Morgan fingerprint density at radius 2 is 2.14 bits per heavy atom. The van der Waals surface area contributed by atoms with E-state index in [-0.39, 0.29) is 5.92 Å². The first-order valence-electron chi connectivity index (χ1n) is 8.00. The number of ether oxygens (including phenoxy) is 1. The van der Waals surface area contributed by atoms with Crippen LogP contribution in [-0.4, -0.2) is 46.7 Å². The molecule has 6 nitrogen and oxygen atoms in total. The number of Topliss-reactive ketones (excluding diaryl/α,β-unsaturated/α-hetero) is 1. The van der Waals surface area contributed by atoms with E-state index in [1.54, 1.807) is 6.20 Å². The zero-order valence-electron chi connectivity index (χ0n) is 12.6. The maximum Gasteiger partial charge on any atom is 0.157 e. The molecule has 1 aliphatic heterocycles.